The van der Waals surface area contributed by atoms with Crippen LogP contribution in [0.5, 0.6) is 0 Å². The van der Waals surface area contributed by atoms with Crippen LogP contribution in [0.1, 0.15) is 13.3 Å². The third-order valence-corrected chi connectivity index (χ3v) is 2.39. The zero-order valence-electron chi connectivity index (χ0n) is 8.45. The van der Waals surface area contributed by atoms with Crippen molar-refractivity contribution in [2.45, 2.75) is 13.3 Å². The van der Waals surface area contributed by atoms with Crippen LogP contribution in [0.25, 0.3) is 0 Å². The van der Waals surface area contributed by atoms with Crippen molar-refractivity contribution in [3.63, 3.8) is 0 Å². The van der Waals surface area contributed by atoms with Crippen LogP contribution in [0.15, 0.2) is 12.7 Å². The third-order valence-electron chi connectivity index (χ3n) is 2.39. The number of carbonyl (C=O) groups is 2. The summed E-state index contributed by atoms with van der Waals surface area (Å²) in [6, 6.07) is 0. The minimum atomic E-state index is -0.178. The van der Waals surface area contributed by atoms with E-state index in [4.69, 9.17) is 0 Å². The summed E-state index contributed by atoms with van der Waals surface area (Å²) < 4.78 is 0. The molecule has 1 aliphatic rings. The Labute approximate surface area is 84.0 Å². The molecule has 4 heteroatoms. The fraction of sp³-hybridized carbons (Fsp3) is 0.600. The second-order valence-corrected chi connectivity index (χ2v) is 3.37. The monoisotopic (exact) mass is 196 g/mol. The van der Waals surface area contributed by atoms with Gasteiger partial charge in [0.1, 0.15) is 0 Å². The normalized spacial score (nSPS) is 21.1. The minimum Gasteiger partial charge on any atom is -0.352 e. The van der Waals surface area contributed by atoms with E-state index in [0.29, 0.717) is 26.1 Å². The SMILES string of the molecule is C=CCNC(=O)C1CC(=O)N(CC)C1. The molecule has 1 heterocycles. The molecule has 0 spiro atoms. The maximum atomic E-state index is 11.5. The molecule has 0 aromatic heterocycles. The molecular weight excluding hydrogens is 180 g/mol. The Morgan fingerprint density at radius 1 is 1.79 bits per heavy atom. The van der Waals surface area contributed by atoms with Gasteiger partial charge in [-0.05, 0) is 6.92 Å². The van der Waals surface area contributed by atoms with Gasteiger partial charge in [-0.3, -0.25) is 9.59 Å². The van der Waals surface area contributed by atoms with Crippen LogP contribution in [0.2, 0.25) is 0 Å². The first-order valence-corrected chi connectivity index (χ1v) is 4.85. The van der Waals surface area contributed by atoms with E-state index in [-0.39, 0.29) is 17.7 Å². The summed E-state index contributed by atoms with van der Waals surface area (Å²) in [5.74, 6) is -0.150. The number of nitrogens with zero attached hydrogens (tertiary/aromatic N) is 1. The van der Waals surface area contributed by atoms with Gasteiger partial charge < -0.3 is 10.2 Å². The van der Waals surface area contributed by atoms with E-state index in [1.165, 1.54) is 0 Å². The highest BCUT2D eigenvalue weighted by Gasteiger charge is 2.32. The third kappa shape index (κ3) is 2.34. The van der Waals surface area contributed by atoms with Crippen LogP contribution >= 0.6 is 0 Å². The number of likely N-dealkylation sites (tertiary alicyclic amines) is 1. The molecule has 1 fully saturated rings. The first kappa shape index (κ1) is 10.8. The van der Waals surface area contributed by atoms with E-state index >= 15 is 0 Å². The van der Waals surface area contributed by atoms with Crippen LogP contribution in [0, 0.1) is 5.92 Å². The molecule has 1 aliphatic heterocycles. The highest BCUT2D eigenvalue weighted by atomic mass is 16.2. The molecule has 1 N–H and O–H groups in total. The number of amides is 2. The Balaban J connectivity index is 2.44. The second-order valence-electron chi connectivity index (χ2n) is 3.37. The van der Waals surface area contributed by atoms with Gasteiger partial charge in [-0.1, -0.05) is 6.08 Å². The topological polar surface area (TPSA) is 49.4 Å². The average molecular weight is 196 g/mol. The van der Waals surface area contributed by atoms with Gasteiger partial charge in [-0.15, -0.1) is 6.58 Å². The van der Waals surface area contributed by atoms with E-state index in [1.54, 1.807) is 11.0 Å². The summed E-state index contributed by atoms with van der Waals surface area (Å²) in [4.78, 5) is 24.5. The van der Waals surface area contributed by atoms with Crippen molar-refractivity contribution in [2.75, 3.05) is 19.6 Å². The Hall–Kier alpha value is -1.32. The average Bonchev–Trinajstić information content (AvgIpc) is 2.56. The molecule has 14 heavy (non-hydrogen) atoms. The van der Waals surface area contributed by atoms with Gasteiger partial charge in [0.2, 0.25) is 11.8 Å². The van der Waals surface area contributed by atoms with E-state index in [2.05, 4.69) is 11.9 Å². The fourth-order valence-corrected chi connectivity index (χ4v) is 1.57. The van der Waals surface area contributed by atoms with Gasteiger partial charge >= 0.3 is 0 Å². The summed E-state index contributed by atoms with van der Waals surface area (Å²) >= 11 is 0. The molecule has 0 saturated carbocycles. The van der Waals surface area contributed by atoms with Crippen molar-refractivity contribution in [1.29, 1.82) is 0 Å². The van der Waals surface area contributed by atoms with E-state index in [1.807, 2.05) is 6.92 Å². The molecule has 78 valence electrons. The smallest absolute Gasteiger partial charge is 0.225 e. The summed E-state index contributed by atoms with van der Waals surface area (Å²) in [5.41, 5.74) is 0. The number of carbonyl (C=O) groups excluding carboxylic acids is 2. The van der Waals surface area contributed by atoms with E-state index in [0.717, 1.165) is 0 Å². The first-order valence-electron chi connectivity index (χ1n) is 4.85. The maximum Gasteiger partial charge on any atom is 0.225 e. The highest BCUT2D eigenvalue weighted by Crippen LogP contribution is 2.17. The molecule has 1 rings (SSSR count). The van der Waals surface area contributed by atoms with Crippen molar-refractivity contribution in [3.05, 3.63) is 12.7 Å². The van der Waals surface area contributed by atoms with E-state index < -0.39 is 0 Å². The summed E-state index contributed by atoms with van der Waals surface area (Å²) in [6.07, 6.45) is 1.98. The molecule has 0 aromatic carbocycles. The second kappa shape index (κ2) is 4.79. The van der Waals surface area contributed by atoms with Gasteiger partial charge in [0.05, 0.1) is 5.92 Å². The van der Waals surface area contributed by atoms with Crippen molar-refractivity contribution in [3.8, 4) is 0 Å². The van der Waals surface area contributed by atoms with Gasteiger partial charge in [0.15, 0.2) is 0 Å². The highest BCUT2D eigenvalue weighted by molar-refractivity contribution is 5.89. The van der Waals surface area contributed by atoms with Crippen molar-refractivity contribution in [1.82, 2.24) is 10.2 Å². The lowest BCUT2D eigenvalue weighted by molar-refractivity contribution is -0.128. The van der Waals surface area contributed by atoms with Crippen LogP contribution in [-0.4, -0.2) is 36.3 Å². The first-order chi connectivity index (χ1) is 6.69. The van der Waals surface area contributed by atoms with E-state index in [9.17, 15) is 9.59 Å². The Bertz CT molecular complexity index is 251. The fourth-order valence-electron chi connectivity index (χ4n) is 1.57. The van der Waals surface area contributed by atoms with Gasteiger partial charge in [-0.2, -0.15) is 0 Å². The van der Waals surface area contributed by atoms with Gasteiger partial charge in [0, 0.05) is 26.1 Å². The number of rotatable bonds is 4. The lowest BCUT2D eigenvalue weighted by Gasteiger charge is -2.13. The zero-order chi connectivity index (χ0) is 10.6. The van der Waals surface area contributed by atoms with Crippen molar-refractivity contribution < 1.29 is 9.59 Å². The Kier molecular flexibility index (Phi) is 3.68. The summed E-state index contributed by atoms with van der Waals surface area (Å²) in [5, 5.41) is 2.70. The molecule has 0 aromatic rings. The lowest BCUT2D eigenvalue weighted by atomic mass is 10.1. The predicted octanol–water partition coefficient (Wildman–Crippen LogP) is 0.157. The molecule has 0 bridgehead atoms. The predicted molar refractivity (Wildman–Crippen MR) is 53.6 cm³/mol. The standard InChI is InChI=1S/C10H16N2O2/c1-3-5-11-10(14)8-6-9(13)12(4-2)7-8/h3,8H,1,4-7H2,2H3,(H,11,14). The maximum absolute atomic E-state index is 11.5. The quantitative estimate of drug-likeness (QED) is 0.651. The van der Waals surface area contributed by atoms with Crippen molar-refractivity contribution in [2.24, 2.45) is 5.92 Å². The number of nitrogens with one attached hydrogen (secondary N) is 1. The Morgan fingerprint density at radius 3 is 3.00 bits per heavy atom. The molecule has 1 saturated heterocycles. The van der Waals surface area contributed by atoms with Crippen LogP contribution in [0.4, 0.5) is 0 Å². The Morgan fingerprint density at radius 2 is 2.50 bits per heavy atom. The molecule has 1 unspecified atom stereocenters. The van der Waals surface area contributed by atoms with Gasteiger partial charge in [-0.25, -0.2) is 0 Å². The largest absolute Gasteiger partial charge is 0.352 e. The summed E-state index contributed by atoms with van der Waals surface area (Å²) in [7, 11) is 0. The zero-order valence-corrected chi connectivity index (χ0v) is 8.45. The minimum absolute atomic E-state index is 0.0470. The molecular formula is C10H16N2O2. The number of hydrogen-bond donors (Lipinski definition) is 1. The van der Waals surface area contributed by atoms with Crippen LogP contribution < -0.4 is 5.32 Å². The van der Waals surface area contributed by atoms with Crippen molar-refractivity contribution >= 4 is 11.8 Å². The lowest BCUT2D eigenvalue weighted by Crippen LogP contribution is -2.32. The molecule has 0 aliphatic carbocycles. The van der Waals surface area contributed by atoms with Crippen LogP contribution in [0.3, 0.4) is 0 Å². The summed E-state index contributed by atoms with van der Waals surface area (Å²) in [6.45, 7) is 7.14. The van der Waals surface area contributed by atoms with Crippen LogP contribution in [-0.2, 0) is 9.59 Å². The number of hydrogen-bond acceptors (Lipinski definition) is 2. The molecule has 1 atom stereocenters. The molecule has 0 radical (unpaired) electrons. The molecule has 2 amide bonds. The van der Waals surface area contributed by atoms with Gasteiger partial charge in [0.25, 0.3) is 0 Å². The molecule has 4 nitrogen and oxygen atoms in total.